The van der Waals surface area contributed by atoms with Crippen LogP contribution in [0.1, 0.15) is 49.7 Å². The Bertz CT molecular complexity index is 707. The number of aryl methyl sites for hydroxylation is 2. The Morgan fingerprint density at radius 1 is 1.20 bits per heavy atom. The molecule has 0 atom stereocenters. The normalized spacial score (nSPS) is 13.3. The molecule has 2 N–H and O–H groups in total. The Labute approximate surface area is 149 Å². The molecule has 1 amide bonds. The summed E-state index contributed by atoms with van der Waals surface area (Å²) < 4.78 is 29.2. The molecular formula is C17H24N2O5S. The number of anilines is 2. The highest BCUT2D eigenvalue weighted by molar-refractivity contribution is 7.73. The van der Waals surface area contributed by atoms with Crippen LogP contribution < -0.4 is 10.0 Å². The molecule has 138 valence electrons. The van der Waals surface area contributed by atoms with E-state index in [1.165, 1.54) is 7.11 Å². The standard InChI is InChI=1S/C17H24N2O5S/c1-24-17(21)7-5-3-2-4-6-12-10-14-13(8-9-16(20)18-14)11-15(12)19-25(22)23/h10-11,25H,2-9H2,1H3,(H,18,20)(H,19,22,23). The van der Waals surface area contributed by atoms with Gasteiger partial charge in [-0.3, -0.25) is 14.3 Å². The third-order valence-corrected chi connectivity index (χ3v) is 4.66. The Kier molecular flexibility index (Phi) is 7.24. The number of methoxy groups -OCH3 is 1. The molecule has 7 nitrogen and oxygen atoms in total. The predicted molar refractivity (Wildman–Crippen MR) is 96.1 cm³/mol. The van der Waals surface area contributed by atoms with Crippen LogP contribution in [0.2, 0.25) is 0 Å². The molecule has 1 aromatic rings. The highest BCUT2D eigenvalue weighted by atomic mass is 32.2. The van der Waals surface area contributed by atoms with Gasteiger partial charge in [-0.05, 0) is 48.9 Å². The fourth-order valence-corrected chi connectivity index (χ4v) is 3.33. The van der Waals surface area contributed by atoms with Crippen molar-refractivity contribution in [1.29, 1.82) is 0 Å². The van der Waals surface area contributed by atoms with Gasteiger partial charge < -0.3 is 10.1 Å². The molecule has 0 aromatic heterocycles. The molecule has 0 aliphatic carbocycles. The lowest BCUT2D eigenvalue weighted by Crippen LogP contribution is -2.19. The van der Waals surface area contributed by atoms with Gasteiger partial charge >= 0.3 is 5.97 Å². The number of benzene rings is 1. The molecule has 0 spiro atoms. The predicted octanol–water partition coefficient (Wildman–Crippen LogP) is 2.18. The van der Waals surface area contributed by atoms with Gasteiger partial charge in [0.2, 0.25) is 16.8 Å². The lowest BCUT2D eigenvalue weighted by Gasteiger charge is -2.20. The van der Waals surface area contributed by atoms with Crippen LogP contribution in [0.4, 0.5) is 11.4 Å². The second kappa shape index (κ2) is 9.41. The molecule has 2 rings (SSSR count). The summed E-state index contributed by atoms with van der Waals surface area (Å²) in [5, 5.41) is 2.84. The maximum absolute atomic E-state index is 11.6. The summed E-state index contributed by atoms with van der Waals surface area (Å²) in [5.74, 6) is -0.215. The molecule has 0 radical (unpaired) electrons. The van der Waals surface area contributed by atoms with E-state index in [9.17, 15) is 18.0 Å². The SMILES string of the molecule is COC(=O)CCCCCCc1cc2c(cc1N[SH](=O)=O)CCC(=O)N2. The van der Waals surface area contributed by atoms with Crippen molar-refractivity contribution in [2.45, 2.75) is 51.4 Å². The van der Waals surface area contributed by atoms with E-state index in [1.807, 2.05) is 12.1 Å². The topological polar surface area (TPSA) is 102 Å². The van der Waals surface area contributed by atoms with Crippen LogP contribution in [0, 0.1) is 0 Å². The molecule has 1 aliphatic rings. The van der Waals surface area contributed by atoms with Crippen molar-refractivity contribution in [3.8, 4) is 0 Å². The Balaban J connectivity index is 1.96. The number of hydrogen-bond acceptors (Lipinski definition) is 5. The second-order valence-electron chi connectivity index (χ2n) is 6.07. The molecule has 1 aliphatic heterocycles. The van der Waals surface area contributed by atoms with Gasteiger partial charge in [0, 0.05) is 18.5 Å². The van der Waals surface area contributed by atoms with Crippen LogP contribution >= 0.6 is 0 Å². The Hall–Kier alpha value is -2.09. The van der Waals surface area contributed by atoms with E-state index in [0.29, 0.717) is 31.4 Å². The van der Waals surface area contributed by atoms with E-state index >= 15 is 0 Å². The van der Waals surface area contributed by atoms with E-state index in [1.54, 1.807) is 0 Å². The number of unbranched alkanes of at least 4 members (excludes halogenated alkanes) is 3. The number of rotatable bonds is 9. The zero-order valence-electron chi connectivity index (χ0n) is 14.3. The first-order chi connectivity index (χ1) is 12.0. The van der Waals surface area contributed by atoms with Gasteiger partial charge in [0.25, 0.3) is 0 Å². The smallest absolute Gasteiger partial charge is 0.305 e. The third kappa shape index (κ3) is 6.04. The molecule has 0 saturated carbocycles. The Morgan fingerprint density at radius 2 is 1.96 bits per heavy atom. The average Bonchev–Trinajstić information content (AvgIpc) is 2.57. The van der Waals surface area contributed by atoms with E-state index in [0.717, 1.165) is 42.5 Å². The summed E-state index contributed by atoms with van der Waals surface area (Å²) in [6.45, 7) is 0. The molecule has 0 fully saturated rings. The molecule has 0 bridgehead atoms. The van der Waals surface area contributed by atoms with E-state index in [2.05, 4.69) is 14.8 Å². The van der Waals surface area contributed by atoms with Gasteiger partial charge in [0.15, 0.2) is 0 Å². The minimum atomic E-state index is -2.74. The number of thiol groups is 1. The number of ether oxygens (including phenoxy) is 1. The van der Waals surface area contributed by atoms with Gasteiger partial charge in [0.1, 0.15) is 0 Å². The summed E-state index contributed by atoms with van der Waals surface area (Å²) >= 11 is 0. The Morgan fingerprint density at radius 3 is 2.68 bits per heavy atom. The number of carbonyl (C=O) groups is 2. The minimum Gasteiger partial charge on any atom is -0.469 e. The zero-order valence-corrected chi connectivity index (χ0v) is 15.2. The molecular weight excluding hydrogens is 344 g/mol. The molecule has 1 aromatic carbocycles. The number of fused-ring (bicyclic) bond motifs is 1. The fraction of sp³-hybridized carbons (Fsp3) is 0.529. The van der Waals surface area contributed by atoms with Crippen LogP contribution in [0.25, 0.3) is 0 Å². The zero-order chi connectivity index (χ0) is 18.2. The minimum absolute atomic E-state index is 0.0168. The highest BCUT2D eigenvalue weighted by Crippen LogP contribution is 2.30. The number of amides is 1. The van der Waals surface area contributed by atoms with Crippen molar-refractivity contribution in [2.75, 3.05) is 17.1 Å². The number of hydrogen-bond donors (Lipinski definition) is 3. The first-order valence-corrected chi connectivity index (χ1v) is 9.61. The summed E-state index contributed by atoms with van der Waals surface area (Å²) in [6.07, 6.45) is 5.65. The fourth-order valence-electron chi connectivity index (χ4n) is 2.92. The maximum atomic E-state index is 11.6. The summed E-state index contributed by atoms with van der Waals surface area (Å²) in [7, 11) is -1.36. The quantitative estimate of drug-likeness (QED) is 0.352. The highest BCUT2D eigenvalue weighted by Gasteiger charge is 2.17. The third-order valence-electron chi connectivity index (χ3n) is 4.24. The van der Waals surface area contributed by atoms with Crippen molar-refractivity contribution in [1.82, 2.24) is 0 Å². The maximum Gasteiger partial charge on any atom is 0.305 e. The van der Waals surface area contributed by atoms with Crippen molar-refractivity contribution < 1.29 is 22.7 Å². The number of carbonyl (C=O) groups excluding carboxylic acids is 2. The van der Waals surface area contributed by atoms with E-state index in [4.69, 9.17) is 0 Å². The molecule has 0 saturated heterocycles. The lowest BCUT2D eigenvalue weighted by molar-refractivity contribution is -0.140. The van der Waals surface area contributed by atoms with Gasteiger partial charge in [0.05, 0.1) is 12.8 Å². The van der Waals surface area contributed by atoms with Crippen molar-refractivity contribution in [3.05, 3.63) is 23.3 Å². The van der Waals surface area contributed by atoms with Crippen LogP contribution in [-0.4, -0.2) is 27.4 Å². The van der Waals surface area contributed by atoms with Gasteiger partial charge in [-0.15, -0.1) is 0 Å². The molecule has 25 heavy (non-hydrogen) atoms. The van der Waals surface area contributed by atoms with E-state index < -0.39 is 10.9 Å². The van der Waals surface area contributed by atoms with Crippen LogP contribution in [0.5, 0.6) is 0 Å². The first-order valence-electron chi connectivity index (χ1n) is 8.43. The lowest BCUT2D eigenvalue weighted by atomic mass is 9.96. The summed E-state index contributed by atoms with van der Waals surface area (Å²) in [4.78, 5) is 22.6. The van der Waals surface area contributed by atoms with Crippen molar-refractivity contribution >= 4 is 34.1 Å². The second-order valence-corrected chi connectivity index (χ2v) is 6.81. The number of esters is 1. The van der Waals surface area contributed by atoms with Gasteiger partial charge in [-0.2, -0.15) is 0 Å². The summed E-state index contributed by atoms with van der Waals surface area (Å²) in [6, 6.07) is 3.68. The first kappa shape index (κ1) is 19.2. The molecule has 0 unspecified atom stereocenters. The van der Waals surface area contributed by atoms with Crippen molar-refractivity contribution in [2.24, 2.45) is 0 Å². The average molecular weight is 368 g/mol. The van der Waals surface area contributed by atoms with Gasteiger partial charge in [-0.25, -0.2) is 8.42 Å². The van der Waals surface area contributed by atoms with Crippen LogP contribution in [0.15, 0.2) is 12.1 Å². The monoisotopic (exact) mass is 368 g/mol. The van der Waals surface area contributed by atoms with Crippen LogP contribution in [-0.2, 0) is 38.1 Å². The van der Waals surface area contributed by atoms with Gasteiger partial charge in [-0.1, -0.05) is 12.8 Å². The largest absolute Gasteiger partial charge is 0.469 e. The van der Waals surface area contributed by atoms with E-state index in [-0.39, 0.29) is 11.9 Å². The molecule has 8 heteroatoms. The number of nitrogens with one attached hydrogen (secondary N) is 2. The summed E-state index contributed by atoms with van der Waals surface area (Å²) in [5.41, 5.74) is 3.16. The molecule has 1 heterocycles. The van der Waals surface area contributed by atoms with Crippen molar-refractivity contribution in [3.63, 3.8) is 0 Å². The van der Waals surface area contributed by atoms with Crippen LogP contribution in [0.3, 0.4) is 0 Å².